The summed E-state index contributed by atoms with van der Waals surface area (Å²) >= 11 is 0. The summed E-state index contributed by atoms with van der Waals surface area (Å²) < 4.78 is 5.43. The number of rotatable bonds is 6. The third-order valence-electron chi connectivity index (χ3n) is 3.46. The van der Waals surface area contributed by atoms with Gasteiger partial charge in [-0.15, -0.1) is 0 Å². The fraction of sp³-hybridized carbons (Fsp3) is 0.929. The number of hydrogen-bond acceptors (Lipinski definition) is 4. The van der Waals surface area contributed by atoms with E-state index in [4.69, 9.17) is 9.57 Å². The molecule has 1 heterocycles. The summed E-state index contributed by atoms with van der Waals surface area (Å²) in [5.74, 6) is -0.126. The molecular formula is C14H27NO3. The fourth-order valence-electron chi connectivity index (χ4n) is 2.88. The highest BCUT2D eigenvalue weighted by Gasteiger charge is 2.54. The van der Waals surface area contributed by atoms with Crippen LogP contribution in [0.25, 0.3) is 0 Å². The van der Waals surface area contributed by atoms with Crippen molar-refractivity contribution in [3.05, 3.63) is 0 Å². The number of nitrogens with zero attached hydrogens (tertiary/aromatic N) is 1. The maximum atomic E-state index is 12.3. The van der Waals surface area contributed by atoms with E-state index in [0.717, 1.165) is 25.7 Å². The Morgan fingerprint density at radius 2 is 1.78 bits per heavy atom. The van der Waals surface area contributed by atoms with E-state index in [-0.39, 0.29) is 11.5 Å². The van der Waals surface area contributed by atoms with Crippen LogP contribution < -0.4 is 0 Å². The van der Waals surface area contributed by atoms with E-state index < -0.39 is 5.54 Å². The zero-order valence-corrected chi connectivity index (χ0v) is 12.4. The second kappa shape index (κ2) is 6.02. The average Bonchev–Trinajstić information content (AvgIpc) is 2.31. The van der Waals surface area contributed by atoms with E-state index in [1.165, 1.54) is 0 Å². The summed E-state index contributed by atoms with van der Waals surface area (Å²) in [6.07, 6.45) is 3.44. The van der Waals surface area contributed by atoms with Gasteiger partial charge in [-0.3, -0.25) is 4.84 Å². The number of hydroxylamine groups is 2. The zero-order valence-electron chi connectivity index (χ0n) is 12.4. The molecule has 1 saturated heterocycles. The van der Waals surface area contributed by atoms with E-state index >= 15 is 0 Å². The Kier molecular flexibility index (Phi) is 5.17. The first-order valence-electron chi connectivity index (χ1n) is 7.05. The van der Waals surface area contributed by atoms with Crippen LogP contribution in [0.5, 0.6) is 0 Å². The van der Waals surface area contributed by atoms with Crippen molar-refractivity contribution in [1.29, 1.82) is 0 Å². The molecule has 0 aromatic carbocycles. The van der Waals surface area contributed by atoms with Gasteiger partial charge in [-0.2, -0.15) is 5.06 Å². The molecule has 4 heteroatoms. The first kappa shape index (κ1) is 15.4. The van der Waals surface area contributed by atoms with Gasteiger partial charge in [0.05, 0.1) is 12.1 Å². The smallest absolute Gasteiger partial charge is 0.329 e. The van der Waals surface area contributed by atoms with Crippen LogP contribution in [0.2, 0.25) is 0 Å². The molecule has 0 amide bonds. The van der Waals surface area contributed by atoms with E-state index in [1.54, 1.807) is 0 Å². The number of hydrogen-bond donors (Lipinski definition) is 0. The van der Waals surface area contributed by atoms with Crippen molar-refractivity contribution in [3.63, 3.8) is 0 Å². The van der Waals surface area contributed by atoms with Crippen molar-refractivity contribution in [2.75, 3.05) is 13.2 Å². The van der Waals surface area contributed by atoms with Crippen molar-refractivity contribution < 1.29 is 14.4 Å². The Morgan fingerprint density at radius 1 is 1.22 bits per heavy atom. The summed E-state index contributed by atoms with van der Waals surface area (Å²) in [6.45, 7) is 11.2. The molecule has 1 rings (SSSR count). The highest BCUT2D eigenvalue weighted by atomic mass is 16.7. The zero-order chi connectivity index (χ0) is 13.8. The van der Waals surface area contributed by atoms with Crippen LogP contribution in [0, 0.1) is 0 Å². The molecule has 0 bridgehead atoms. The molecule has 0 aliphatic carbocycles. The van der Waals surface area contributed by atoms with Gasteiger partial charge in [0.1, 0.15) is 12.1 Å². The third-order valence-corrected chi connectivity index (χ3v) is 3.46. The van der Waals surface area contributed by atoms with Gasteiger partial charge in [-0.05, 0) is 33.6 Å². The minimum Gasteiger partial charge on any atom is -0.462 e. The van der Waals surface area contributed by atoms with Gasteiger partial charge >= 0.3 is 5.97 Å². The molecule has 106 valence electrons. The Balaban J connectivity index is 3.13. The van der Waals surface area contributed by atoms with E-state index in [2.05, 4.69) is 27.7 Å². The minimum absolute atomic E-state index is 0.126. The monoisotopic (exact) mass is 257 g/mol. The molecule has 0 radical (unpaired) electrons. The first-order valence-corrected chi connectivity index (χ1v) is 7.05. The van der Waals surface area contributed by atoms with Crippen LogP contribution in [0.1, 0.15) is 60.3 Å². The first-order chi connectivity index (χ1) is 8.44. The molecule has 1 aliphatic heterocycles. The predicted octanol–water partition coefficient (Wildman–Crippen LogP) is 2.91. The van der Waals surface area contributed by atoms with Crippen LogP contribution in [0.3, 0.4) is 0 Å². The predicted molar refractivity (Wildman–Crippen MR) is 71.1 cm³/mol. The van der Waals surface area contributed by atoms with Crippen molar-refractivity contribution in [2.24, 2.45) is 0 Å². The third kappa shape index (κ3) is 2.69. The van der Waals surface area contributed by atoms with Crippen molar-refractivity contribution >= 4 is 5.97 Å². The Bertz CT molecular complexity index is 283. The van der Waals surface area contributed by atoms with Crippen LogP contribution in [0.15, 0.2) is 0 Å². The molecule has 0 aromatic rings. The molecule has 4 nitrogen and oxygen atoms in total. The van der Waals surface area contributed by atoms with Gasteiger partial charge in [0.15, 0.2) is 0 Å². The lowest BCUT2D eigenvalue weighted by atomic mass is 9.83. The summed E-state index contributed by atoms with van der Waals surface area (Å²) in [7, 11) is 0. The number of cyclic esters (lactones) is 1. The lowest BCUT2D eigenvalue weighted by Crippen LogP contribution is -2.68. The number of ether oxygens (including phenoxy) is 1. The Hall–Kier alpha value is -0.610. The lowest BCUT2D eigenvalue weighted by molar-refractivity contribution is -0.301. The SMILES string of the molecule is CCCC1(CCC)C(=O)OCC(C)(C)N1OCC. The van der Waals surface area contributed by atoms with Crippen LogP contribution in [-0.2, 0) is 14.4 Å². The van der Waals surface area contributed by atoms with Gasteiger partial charge in [0, 0.05) is 0 Å². The summed E-state index contributed by atoms with van der Waals surface area (Å²) in [5.41, 5.74) is -0.879. The van der Waals surface area contributed by atoms with E-state index in [0.29, 0.717) is 13.2 Å². The van der Waals surface area contributed by atoms with E-state index in [9.17, 15) is 4.79 Å². The molecule has 0 N–H and O–H groups in total. The largest absolute Gasteiger partial charge is 0.462 e. The van der Waals surface area contributed by atoms with Crippen molar-refractivity contribution in [1.82, 2.24) is 5.06 Å². The van der Waals surface area contributed by atoms with Crippen LogP contribution in [-0.4, -0.2) is 35.3 Å². The summed E-state index contributed by atoms with van der Waals surface area (Å²) in [5, 5.41) is 1.92. The van der Waals surface area contributed by atoms with Gasteiger partial charge in [0.2, 0.25) is 0 Å². The maximum absolute atomic E-state index is 12.3. The highest BCUT2D eigenvalue weighted by Crippen LogP contribution is 2.38. The van der Waals surface area contributed by atoms with E-state index in [1.807, 2.05) is 12.0 Å². The Morgan fingerprint density at radius 3 is 2.22 bits per heavy atom. The topological polar surface area (TPSA) is 38.8 Å². The molecule has 1 fully saturated rings. The van der Waals surface area contributed by atoms with Crippen molar-refractivity contribution in [2.45, 2.75) is 71.4 Å². The quantitative estimate of drug-likeness (QED) is 0.686. The lowest BCUT2D eigenvalue weighted by Gasteiger charge is -2.52. The molecule has 0 unspecified atom stereocenters. The number of morpholine rings is 1. The standard InChI is InChI=1S/C14H27NO3/c1-6-9-14(10-7-2)12(16)17-11-13(4,5)15(14)18-8-3/h6-11H2,1-5H3. The number of carbonyl (C=O) groups excluding carboxylic acids is 1. The normalized spacial score (nSPS) is 22.8. The number of esters is 1. The van der Waals surface area contributed by atoms with Gasteiger partial charge in [-0.1, -0.05) is 26.7 Å². The molecular weight excluding hydrogens is 230 g/mol. The van der Waals surface area contributed by atoms with Crippen molar-refractivity contribution in [3.8, 4) is 0 Å². The van der Waals surface area contributed by atoms with Gasteiger partial charge in [-0.25, -0.2) is 4.79 Å². The second-order valence-electron chi connectivity index (χ2n) is 5.63. The molecule has 0 spiro atoms. The van der Waals surface area contributed by atoms with Crippen LogP contribution >= 0.6 is 0 Å². The minimum atomic E-state index is -0.610. The number of carbonyl (C=O) groups is 1. The Labute approximate surface area is 111 Å². The highest BCUT2D eigenvalue weighted by molar-refractivity contribution is 5.81. The maximum Gasteiger partial charge on any atom is 0.329 e. The summed E-state index contributed by atoms with van der Waals surface area (Å²) in [4.78, 5) is 18.1. The molecule has 0 aromatic heterocycles. The fourth-order valence-corrected chi connectivity index (χ4v) is 2.88. The molecule has 1 aliphatic rings. The average molecular weight is 257 g/mol. The molecule has 18 heavy (non-hydrogen) atoms. The molecule has 0 saturated carbocycles. The van der Waals surface area contributed by atoms with Gasteiger partial charge in [0.25, 0.3) is 0 Å². The molecule has 0 atom stereocenters. The van der Waals surface area contributed by atoms with Crippen LogP contribution in [0.4, 0.5) is 0 Å². The summed E-state index contributed by atoms with van der Waals surface area (Å²) in [6, 6.07) is 0. The van der Waals surface area contributed by atoms with Gasteiger partial charge < -0.3 is 4.74 Å². The second-order valence-corrected chi connectivity index (χ2v) is 5.63.